The molecule has 6 nitrogen and oxygen atoms in total. The largest absolute Gasteiger partial charge is 0.452 e. The van der Waals surface area contributed by atoms with Crippen LogP contribution in [-0.4, -0.2) is 37.5 Å². The molecular weight excluding hydrogens is 291 g/mol. The maximum atomic E-state index is 12.9. The van der Waals surface area contributed by atoms with Crippen LogP contribution in [0.4, 0.5) is 4.39 Å². The maximum Gasteiger partial charge on any atom is 0.331 e. The molecule has 1 aromatic rings. The molecule has 118 valence electrons. The van der Waals surface area contributed by atoms with Gasteiger partial charge in [0.2, 0.25) is 5.91 Å². The molecular formula is C15H17FN2O4. The Hall–Kier alpha value is -2.70. The minimum Gasteiger partial charge on any atom is -0.452 e. The number of carbonyl (C=O) groups is 3. The molecule has 0 heterocycles. The van der Waals surface area contributed by atoms with E-state index in [9.17, 15) is 18.8 Å². The molecule has 0 aromatic heterocycles. The van der Waals surface area contributed by atoms with E-state index < -0.39 is 24.3 Å². The lowest BCUT2D eigenvalue weighted by Crippen LogP contribution is -2.38. The van der Waals surface area contributed by atoms with Crippen LogP contribution in [0.2, 0.25) is 0 Å². The summed E-state index contributed by atoms with van der Waals surface area (Å²) in [7, 11) is 0. The van der Waals surface area contributed by atoms with E-state index in [1.165, 1.54) is 24.3 Å². The summed E-state index contributed by atoms with van der Waals surface area (Å²) in [5.41, 5.74) is 0.498. The van der Waals surface area contributed by atoms with Gasteiger partial charge < -0.3 is 15.4 Å². The third-order valence-electron chi connectivity index (χ3n) is 2.43. The zero-order chi connectivity index (χ0) is 16.4. The van der Waals surface area contributed by atoms with E-state index >= 15 is 0 Å². The highest BCUT2D eigenvalue weighted by atomic mass is 19.1. The summed E-state index contributed by atoms with van der Waals surface area (Å²) >= 11 is 0. The Kier molecular flexibility index (Phi) is 7.32. The molecule has 7 heteroatoms. The monoisotopic (exact) mass is 308 g/mol. The van der Waals surface area contributed by atoms with Crippen molar-refractivity contribution in [2.45, 2.75) is 6.92 Å². The molecule has 1 aromatic carbocycles. The van der Waals surface area contributed by atoms with Crippen molar-refractivity contribution in [3.63, 3.8) is 0 Å². The first kappa shape index (κ1) is 17.4. The molecule has 0 fully saturated rings. The topological polar surface area (TPSA) is 84.5 Å². The Bertz CT molecular complexity index is 572. The van der Waals surface area contributed by atoms with Crippen molar-refractivity contribution in [1.29, 1.82) is 0 Å². The van der Waals surface area contributed by atoms with Gasteiger partial charge in [-0.15, -0.1) is 0 Å². The number of carbonyl (C=O) groups excluding carboxylic acids is 3. The number of hydrogen-bond donors (Lipinski definition) is 2. The van der Waals surface area contributed by atoms with Crippen LogP contribution in [0.3, 0.4) is 0 Å². The van der Waals surface area contributed by atoms with Gasteiger partial charge >= 0.3 is 5.97 Å². The van der Waals surface area contributed by atoms with Gasteiger partial charge in [0.1, 0.15) is 5.82 Å². The molecule has 2 amide bonds. The molecule has 2 N–H and O–H groups in total. The first-order valence-corrected chi connectivity index (χ1v) is 6.65. The number of amides is 2. The molecule has 0 atom stereocenters. The fraction of sp³-hybridized carbons (Fsp3) is 0.267. The summed E-state index contributed by atoms with van der Waals surface area (Å²) in [6.45, 7) is 1.55. The average Bonchev–Trinajstić information content (AvgIpc) is 2.49. The van der Waals surface area contributed by atoms with E-state index in [2.05, 4.69) is 15.4 Å². The van der Waals surface area contributed by atoms with Crippen LogP contribution in [0.5, 0.6) is 0 Å². The second-order valence-corrected chi connectivity index (χ2v) is 4.23. The Labute approximate surface area is 127 Å². The minimum absolute atomic E-state index is 0.177. The minimum atomic E-state index is -0.738. The van der Waals surface area contributed by atoms with E-state index in [-0.39, 0.29) is 12.5 Å². The fourth-order valence-electron chi connectivity index (χ4n) is 1.45. The summed E-state index contributed by atoms with van der Waals surface area (Å²) in [4.78, 5) is 33.8. The maximum absolute atomic E-state index is 12.9. The van der Waals surface area contributed by atoms with Crippen molar-refractivity contribution in [2.24, 2.45) is 0 Å². The fourth-order valence-corrected chi connectivity index (χ4v) is 1.45. The molecule has 0 bridgehead atoms. The second kappa shape index (κ2) is 9.28. The van der Waals surface area contributed by atoms with Gasteiger partial charge in [-0.25, -0.2) is 9.18 Å². The van der Waals surface area contributed by atoms with E-state index in [4.69, 9.17) is 0 Å². The first-order valence-electron chi connectivity index (χ1n) is 6.65. The zero-order valence-corrected chi connectivity index (χ0v) is 12.1. The van der Waals surface area contributed by atoms with Crippen LogP contribution in [0.1, 0.15) is 12.5 Å². The highest BCUT2D eigenvalue weighted by Gasteiger charge is 2.06. The Balaban J connectivity index is 2.30. The van der Waals surface area contributed by atoms with Crippen molar-refractivity contribution >= 4 is 23.9 Å². The molecule has 0 unspecified atom stereocenters. The Morgan fingerprint density at radius 2 is 2.00 bits per heavy atom. The smallest absolute Gasteiger partial charge is 0.331 e. The second-order valence-electron chi connectivity index (χ2n) is 4.23. The van der Waals surface area contributed by atoms with Crippen molar-refractivity contribution in [3.05, 3.63) is 41.7 Å². The predicted octanol–water partition coefficient (Wildman–Crippen LogP) is 0.634. The molecule has 0 radical (unpaired) electrons. The lowest BCUT2D eigenvalue weighted by molar-refractivity contribution is -0.143. The van der Waals surface area contributed by atoms with Crippen molar-refractivity contribution in [2.75, 3.05) is 19.7 Å². The highest BCUT2D eigenvalue weighted by Crippen LogP contribution is 2.05. The van der Waals surface area contributed by atoms with E-state index in [0.717, 1.165) is 6.08 Å². The molecule has 0 saturated carbocycles. The van der Waals surface area contributed by atoms with Gasteiger partial charge in [0.15, 0.2) is 6.61 Å². The van der Waals surface area contributed by atoms with Crippen LogP contribution in [0.15, 0.2) is 30.3 Å². The van der Waals surface area contributed by atoms with E-state index in [0.29, 0.717) is 12.1 Å². The molecule has 0 aliphatic heterocycles. The molecule has 0 aliphatic carbocycles. The number of likely N-dealkylation sites (N-methyl/N-ethyl adjacent to an activating group) is 1. The van der Waals surface area contributed by atoms with Gasteiger partial charge in [0, 0.05) is 12.6 Å². The highest BCUT2D eigenvalue weighted by molar-refractivity contribution is 5.90. The van der Waals surface area contributed by atoms with Gasteiger partial charge in [-0.1, -0.05) is 12.1 Å². The summed E-state index contributed by atoms with van der Waals surface area (Å²) < 4.78 is 17.6. The van der Waals surface area contributed by atoms with Crippen molar-refractivity contribution in [3.8, 4) is 0 Å². The van der Waals surface area contributed by atoms with Gasteiger partial charge in [0.25, 0.3) is 5.91 Å². The summed E-state index contributed by atoms with van der Waals surface area (Å²) in [5, 5.41) is 4.81. The average molecular weight is 308 g/mol. The number of nitrogens with one attached hydrogen (secondary N) is 2. The number of hydrogen-bond acceptors (Lipinski definition) is 4. The van der Waals surface area contributed by atoms with Crippen LogP contribution >= 0.6 is 0 Å². The van der Waals surface area contributed by atoms with Crippen LogP contribution in [0.25, 0.3) is 6.08 Å². The summed E-state index contributed by atoms with van der Waals surface area (Å²) in [6, 6.07) is 5.67. The quantitative estimate of drug-likeness (QED) is 0.572. The number of ether oxygens (including phenoxy) is 1. The third-order valence-corrected chi connectivity index (χ3v) is 2.43. The molecule has 0 saturated heterocycles. The standard InChI is InChI=1S/C15H17FN2O4/c1-2-17-13(19)9-18-14(20)10-22-15(21)7-6-11-4-3-5-12(16)8-11/h3-8H,2,9-10H2,1H3,(H,17,19)(H,18,20)/b7-6+. The van der Waals surface area contributed by atoms with Gasteiger partial charge in [-0.3, -0.25) is 9.59 Å². The van der Waals surface area contributed by atoms with Gasteiger partial charge in [0.05, 0.1) is 6.54 Å². The lowest BCUT2D eigenvalue weighted by Gasteiger charge is -2.05. The lowest BCUT2D eigenvalue weighted by atomic mass is 10.2. The van der Waals surface area contributed by atoms with E-state index in [1.807, 2.05) is 0 Å². The van der Waals surface area contributed by atoms with Crippen LogP contribution < -0.4 is 10.6 Å². The Morgan fingerprint density at radius 3 is 2.68 bits per heavy atom. The summed E-state index contributed by atoms with van der Waals surface area (Å²) in [5.74, 6) is -2.07. The third kappa shape index (κ3) is 7.18. The predicted molar refractivity (Wildman–Crippen MR) is 78.1 cm³/mol. The SMILES string of the molecule is CCNC(=O)CNC(=O)COC(=O)/C=C/c1cccc(F)c1. The van der Waals surface area contributed by atoms with Gasteiger partial charge in [-0.2, -0.15) is 0 Å². The van der Waals surface area contributed by atoms with Crippen molar-refractivity contribution < 1.29 is 23.5 Å². The molecule has 1 rings (SSSR count). The van der Waals surface area contributed by atoms with Crippen molar-refractivity contribution in [1.82, 2.24) is 10.6 Å². The normalized spacial score (nSPS) is 10.3. The Morgan fingerprint density at radius 1 is 1.23 bits per heavy atom. The van der Waals surface area contributed by atoms with Gasteiger partial charge in [-0.05, 0) is 30.7 Å². The summed E-state index contributed by atoms with van der Waals surface area (Å²) in [6.07, 6.45) is 2.46. The number of benzene rings is 1. The number of esters is 1. The zero-order valence-electron chi connectivity index (χ0n) is 12.1. The molecule has 0 aliphatic rings. The molecule has 22 heavy (non-hydrogen) atoms. The number of rotatable bonds is 7. The van der Waals surface area contributed by atoms with Crippen LogP contribution in [0, 0.1) is 5.82 Å². The van der Waals surface area contributed by atoms with E-state index in [1.54, 1.807) is 13.0 Å². The first-order chi connectivity index (χ1) is 10.5. The van der Waals surface area contributed by atoms with Crippen LogP contribution in [-0.2, 0) is 19.1 Å². The molecule has 0 spiro atoms. The number of halogens is 1.